The van der Waals surface area contributed by atoms with Gasteiger partial charge in [-0.3, -0.25) is 4.79 Å². The zero-order valence-corrected chi connectivity index (χ0v) is 11.8. The Balaban J connectivity index is 2.44. The summed E-state index contributed by atoms with van der Waals surface area (Å²) in [5.74, 6) is -0.133. The van der Waals surface area contributed by atoms with Gasteiger partial charge in [-0.2, -0.15) is 0 Å². The highest BCUT2D eigenvalue weighted by atomic mass is 35.5. The normalized spacial score (nSPS) is 10.6. The standard InChI is InChI=1S/C12H7Cl3OS/c1-6-5-17-12(10(6)15)11(16)7-2-3-8(13)9(14)4-7/h2-5H,1H3. The zero-order valence-electron chi connectivity index (χ0n) is 8.76. The van der Waals surface area contributed by atoms with Crippen molar-refractivity contribution in [1.82, 2.24) is 0 Å². The van der Waals surface area contributed by atoms with E-state index in [1.807, 2.05) is 12.3 Å². The lowest BCUT2D eigenvalue weighted by molar-refractivity contribution is 0.104. The van der Waals surface area contributed by atoms with Gasteiger partial charge in [-0.25, -0.2) is 0 Å². The number of rotatable bonds is 2. The molecule has 0 amide bonds. The first-order valence-corrected chi connectivity index (χ1v) is 6.75. The van der Waals surface area contributed by atoms with Crippen molar-refractivity contribution in [3.8, 4) is 0 Å². The Morgan fingerprint density at radius 1 is 1.18 bits per heavy atom. The van der Waals surface area contributed by atoms with Crippen molar-refractivity contribution in [3.05, 3.63) is 54.7 Å². The van der Waals surface area contributed by atoms with Crippen molar-refractivity contribution >= 4 is 51.9 Å². The molecule has 0 aliphatic heterocycles. The van der Waals surface area contributed by atoms with E-state index in [0.29, 0.717) is 25.5 Å². The van der Waals surface area contributed by atoms with E-state index < -0.39 is 0 Å². The third-order valence-corrected chi connectivity index (χ3v) is 4.72. The molecule has 5 heteroatoms. The fraction of sp³-hybridized carbons (Fsp3) is 0.0833. The third kappa shape index (κ3) is 2.50. The maximum absolute atomic E-state index is 12.2. The first kappa shape index (κ1) is 12.9. The van der Waals surface area contributed by atoms with Crippen LogP contribution in [0.25, 0.3) is 0 Å². The van der Waals surface area contributed by atoms with Gasteiger partial charge in [-0.05, 0) is 36.1 Å². The molecular formula is C12H7Cl3OS. The van der Waals surface area contributed by atoms with E-state index in [0.717, 1.165) is 5.56 Å². The SMILES string of the molecule is Cc1csc(C(=O)c2ccc(Cl)c(Cl)c2)c1Cl. The molecule has 0 spiro atoms. The molecule has 1 aromatic carbocycles. The molecule has 0 atom stereocenters. The molecule has 1 heterocycles. The minimum atomic E-state index is -0.133. The van der Waals surface area contributed by atoms with Crippen LogP contribution in [0.3, 0.4) is 0 Å². The third-order valence-electron chi connectivity index (χ3n) is 2.29. The number of halogens is 3. The van der Waals surface area contributed by atoms with Gasteiger partial charge in [0.25, 0.3) is 0 Å². The summed E-state index contributed by atoms with van der Waals surface area (Å²) < 4.78 is 0. The Morgan fingerprint density at radius 2 is 1.88 bits per heavy atom. The number of carbonyl (C=O) groups is 1. The van der Waals surface area contributed by atoms with Crippen molar-refractivity contribution in [2.75, 3.05) is 0 Å². The Hall–Kier alpha value is -0.540. The summed E-state index contributed by atoms with van der Waals surface area (Å²) in [6.07, 6.45) is 0. The van der Waals surface area contributed by atoms with Crippen LogP contribution in [0.15, 0.2) is 23.6 Å². The van der Waals surface area contributed by atoms with Crippen molar-refractivity contribution < 1.29 is 4.79 Å². The van der Waals surface area contributed by atoms with Gasteiger partial charge in [0.15, 0.2) is 0 Å². The lowest BCUT2D eigenvalue weighted by atomic mass is 10.1. The molecule has 0 radical (unpaired) electrons. The smallest absolute Gasteiger partial charge is 0.204 e. The van der Waals surface area contributed by atoms with Crippen LogP contribution in [-0.2, 0) is 0 Å². The highest BCUT2D eigenvalue weighted by molar-refractivity contribution is 7.13. The van der Waals surface area contributed by atoms with E-state index in [4.69, 9.17) is 34.8 Å². The van der Waals surface area contributed by atoms with Crippen LogP contribution in [0.5, 0.6) is 0 Å². The van der Waals surface area contributed by atoms with Gasteiger partial charge < -0.3 is 0 Å². The summed E-state index contributed by atoms with van der Waals surface area (Å²) in [6.45, 7) is 1.87. The fourth-order valence-corrected chi connectivity index (χ4v) is 2.89. The second-order valence-corrected chi connectivity index (χ2v) is 5.59. The number of hydrogen-bond acceptors (Lipinski definition) is 2. The average Bonchev–Trinajstić information content (AvgIpc) is 2.63. The minimum absolute atomic E-state index is 0.133. The number of carbonyl (C=O) groups excluding carboxylic acids is 1. The molecule has 0 bridgehead atoms. The lowest BCUT2D eigenvalue weighted by Crippen LogP contribution is -1.99. The number of benzene rings is 1. The predicted molar refractivity (Wildman–Crippen MR) is 74.0 cm³/mol. The topological polar surface area (TPSA) is 17.1 Å². The monoisotopic (exact) mass is 304 g/mol. The fourth-order valence-electron chi connectivity index (χ4n) is 1.35. The quantitative estimate of drug-likeness (QED) is 0.693. The van der Waals surface area contributed by atoms with Gasteiger partial charge in [-0.15, -0.1) is 11.3 Å². The molecule has 0 unspecified atom stereocenters. The van der Waals surface area contributed by atoms with Gasteiger partial charge >= 0.3 is 0 Å². The van der Waals surface area contributed by atoms with E-state index in [1.54, 1.807) is 18.2 Å². The van der Waals surface area contributed by atoms with Crippen LogP contribution in [0.4, 0.5) is 0 Å². The van der Waals surface area contributed by atoms with Gasteiger partial charge in [0.05, 0.1) is 19.9 Å². The number of thiophene rings is 1. The molecule has 17 heavy (non-hydrogen) atoms. The van der Waals surface area contributed by atoms with Crippen LogP contribution >= 0.6 is 46.1 Å². The van der Waals surface area contributed by atoms with Gasteiger partial charge in [0, 0.05) is 5.56 Å². The molecule has 2 aromatic rings. The van der Waals surface area contributed by atoms with E-state index in [9.17, 15) is 4.79 Å². The number of ketones is 1. The van der Waals surface area contributed by atoms with Gasteiger partial charge in [-0.1, -0.05) is 34.8 Å². The number of hydrogen-bond donors (Lipinski definition) is 0. The van der Waals surface area contributed by atoms with Crippen LogP contribution in [0.2, 0.25) is 15.1 Å². The minimum Gasteiger partial charge on any atom is -0.288 e. The first-order chi connectivity index (χ1) is 8.00. The van der Waals surface area contributed by atoms with Gasteiger partial charge in [0.1, 0.15) is 0 Å². The highest BCUT2D eigenvalue weighted by Crippen LogP contribution is 2.31. The molecule has 0 saturated carbocycles. The molecule has 1 nitrogen and oxygen atoms in total. The second kappa shape index (κ2) is 4.99. The van der Waals surface area contributed by atoms with Crippen LogP contribution in [0.1, 0.15) is 20.8 Å². The zero-order chi connectivity index (χ0) is 12.6. The molecular weight excluding hydrogens is 299 g/mol. The molecule has 0 N–H and O–H groups in total. The lowest BCUT2D eigenvalue weighted by Gasteiger charge is -2.01. The molecule has 0 aliphatic rings. The van der Waals surface area contributed by atoms with Crippen LogP contribution in [0, 0.1) is 6.92 Å². The molecule has 88 valence electrons. The van der Waals surface area contributed by atoms with Crippen molar-refractivity contribution in [3.63, 3.8) is 0 Å². The first-order valence-electron chi connectivity index (χ1n) is 4.74. The molecule has 0 saturated heterocycles. The average molecular weight is 306 g/mol. The summed E-state index contributed by atoms with van der Waals surface area (Å²) in [5.41, 5.74) is 1.39. The summed E-state index contributed by atoms with van der Waals surface area (Å²) in [5, 5.41) is 3.15. The largest absolute Gasteiger partial charge is 0.288 e. The Kier molecular flexibility index (Phi) is 3.79. The van der Waals surface area contributed by atoms with Crippen LogP contribution in [-0.4, -0.2) is 5.78 Å². The Bertz CT molecular complexity index is 589. The summed E-state index contributed by atoms with van der Waals surface area (Å²) in [7, 11) is 0. The molecule has 2 rings (SSSR count). The van der Waals surface area contributed by atoms with Gasteiger partial charge in [0.2, 0.25) is 5.78 Å². The van der Waals surface area contributed by atoms with Crippen molar-refractivity contribution in [1.29, 1.82) is 0 Å². The maximum Gasteiger partial charge on any atom is 0.204 e. The maximum atomic E-state index is 12.2. The van der Waals surface area contributed by atoms with Crippen LogP contribution < -0.4 is 0 Å². The molecule has 0 fully saturated rings. The second-order valence-electron chi connectivity index (χ2n) is 3.52. The van der Waals surface area contributed by atoms with E-state index >= 15 is 0 Å². The van der Waals surface area contributed by atoms with Crippen molar-refractivity contribution in [2.24, 2.45) is 0 Å². The van der Waals surface area contributed by atoms with E-state index in [2.05, 4.69) is 0 Å². The van der Waals surface area contributed by atoms with Crippen molar-refractivity contribution in [2.45, 2.75) is 6.92 Å². The van der Waals surface area contributed by atoms with E-state index in [-0.39, 0.29) is 5.78 Å². The Morgan fingerprint density at radius 3 is 2.41 bits per heavy atom. The molecule has 0 aliphatic carbocycles. The predicted octanol–water partition coefficient (Wildman–Crippen LogP) is 5.25. The summed E-state index contributed by atoms with van der Waals surface area (Å²) >= 11 is 19.1. The summed E-state index contributed by atoms with van der Waals surface area (Å²) in [4.78, 5) is 12.7. The highest BCUT2D eigenvalue weighted by Gasteiger charge is 2.17. The summed E-state index contributed by atoms with van der Waals surface area (Å²) in [6, 6.07) is 4.80. The van der Waals surface area contributed by atoms with E-state index in [1.165, 1.54) is 11.3 Å². The molecule has 1 aromatic heterocycles. The number of aryl methyl sites for hydroxylation is 1. The Labute approximate surface area is 118 Å².